The minimum Gasteiger partial charge on any atom is -0.0836 e. The predicted octanol–water partition coefficient (Wildman–Crippen LogP) is 8.91. The van der Waals surface area contributed by atoms with Crippen LogP contribution in [0, 0.1) is 20.8 Å². The molecule has 0 radical (unpaired) electrons. The minimum atomic E-state index is 0.791. The summed E-state index contributed by atoms with van der Waals surface area (Å²) in [6.07, 6.45) is 0. The van der Waals surface area contributed by atoms with Crippen molar-refractivity contribution in [1.29, 1.82) is 0 Å². The molecule has 0 aliphatic heterocycles. The van der Waals surface area contributed by atoms with Crippen LogP contribution in [0.1, 0.15) is 16.7 Å². The van der Waals surface area contributed by atoms with Gasteiger partial charge < -0.3 is 0 Å². The maximum atomic E-state index is 6.86. The average Bonchev–Trinajstić information content (AvgIpc) is 2.74. The molecule has 5 rings (SSSR count). The average molecular weight is 407 g/mol. The molecule has 0 aromatic heterocycles. The van der Waals surface area contributed by atoms with E-state index in [0.29, 0.717) is 0 Å². The van der Waals surface area contributed by atoms with Crippen LogP contribution in [0.3, 0.4) is 0 Å². The van der Waals surface area contributed by atoms with Crippen LogP contribution in [0.25, 0.3) is 43.8 Å². The Hall–Kier alpha value is -3.09. The van der Waals surface area contributed by atoms with Gasteiger partial charge in [-0.15, -0.1) is 0 Å². The Labute approximate surface area is 182 Å². The van der Waals surface area contributed by atoms with Gasteiger partial charge in [-0.2, -0.15) is 0 Å². The van der Waals surface area contributed by atoms with Crippen LogP contribution in [0.15, 0.2) is 84.9 Å². The van der Waals surface area contributed by atoms with E-state index in [1.165, 1.54) is 55.1 Å². The fourth-order valence-corrected chi connectivity index (χ4v) is 4.66. The summed E-state index contributed by atoms with van der Waals surface area (Å²) in [6, 6.07) is 30.6. The fourth-order valence-electron chi connectivity index (χ4n) is 4.39. The first kappa shape index (κ1) is 18.9. The molecule has 0 saturated heterocycles. The van der Waals surface area contributed by atoms with E-state index < -0.39 is 0 Å². The zero-order chi connectivity index (χ0) is 20.8. The molecular formula is C29H23Cl. The molecular weight excluding hydrogens is 384 g/mol. The Bertz CT molecular complexity index is 1390. The highest BCUT2D eigenvalue weighted by Crippen LogP contribution is 2.46. The molecule has 0 N–H and O–H groups in total. The molecule has 5 aromatic carbocycles. The first-order valence-electron chi connectivity index (χ1n) is 10.3. The van der Waals surface area contributed by atoms with Crippen molar-refractivity contribution < 1.29 is 0 Å². The minimum absolute atomic E-state index is 0.791. The van der Waals surface area contributed by atoms with Gasteiger partial charge in [0, 0.05) is 10.4 Å². The summed E-state index contributed by atoms with van der Waals surface area (Å²) >= 11 is 6.86. The van der Waals surface area contributed by atoms with E-state index in [1.807, 2.05) is 6.07 Å². The molecule has 0 amide bonds. The molecule has 0 fully saturated rings. The fraction of sp³-hybridized carbons (Fsp3) is 0.103. The Morgan fingerprint density at radius 2 is 1.07 bits per heavy atom. The van der Waals surface area contributed by atoms with Gasteiger partial charge in [-0.25, -0.2) is 0 Å². The van der Waals surface area contributed by atoms with Crippen molar-refractivity contribution in [2.45, 2.75) is 20.8 Å². The van der Waals surface area contributed by atoms with Crippen molar-refractivity contribution >= 4 is 33.1 Å². The Morgan fingerprint density at radius 1 is 0.500 bits per heavy atom. The maximum Gasteiger partial charge on any atom is 0.0491 e. The Kier molecular flexibility index (Phi) is 4.60. The predicted molar refractivity (Wildman–Crippen MR) is 132 cm³/mol. The summed E-state index contributed by atoms with van der Waals surface area (Å²) in [5.74, 6) is 0. The van der Waals surface area contributed by atoms with Crippen molar-refractivity contribution in [3.63, 3.8) is 0 Å². The van der Waals surface area contributed by atoms with Crippen LogP contribution in [-0.2, 0) is 0 Å². The Balaban J connectivity index is 2.06. The van der Waals surface area contributed by atoms with Crippen molar-refractivity contribution in [3.05, 3.63) is 107 Å². The molecule has 0 spiro atoms. The first-order valence-corrected chi connectivity index (χ1v) is 10.7. The van der Waals surface area contributed by atoms with E-state index in [2.05, 4.69) is 99.6 Å². The molecule has 1 heteroatoms. The standard InChI is InChI=1S/C29H23Cl/c1-18-7-12-21(13-8-18)27-25-17-20(3)11-16-23(25)24-5-4-6-26(30)29(24)28(27)22-14-9-19(2)10-15-22/h4-17H,1-3H3. The van der Waals surface area contributed by atoms with Gasteiger partial charge in [0.25, 0.3) is 0 Å². The molecule has 146 valence electrons. The van der Waals surface area contributed by atoms with Crippen molar-refractivity contribution in [2.24, 2.45) is 0 Å². The number of hydrogen-bond acceptors (Lipinski definition) is 0. The van der Waals surface area contributed by atoms with E-state index in [0.717, 1.165) is 10.4 Å². The van der Waals surface area contributed by atoms with E-state index in [1.54, 1.807) is 0 Å². The summed E-state index contributed by atoms with van der Waals surface area (Å²) in [5.41, 5.74) is 8.63. The van der Waals surface area contributed by atoms with Crippen LogP contribution >= 0.6 is 11.6 Å². The topological polar surface area (TPSA) is 0 Å². The smallest absolute Gasteiger partial charge is 0.0491 e. The van der Waals surface area contributed by atoms with Crippen LogP contribution in [0.2, 0.25) is 5.02 Å². The quantitative estimate of drug-likeness (QED) is 0.257. The highest BCUT2D eigenvalue weighted by atomic mass is 35.5. The molecule has 0 aliphatic rings. The van der Waals surface area contributed by atoms with Crippen molar-refractivity contribution in [1.82, 2.24) is 0 Å². The molecule has 0 bridgehead atoms. The number of benzene rings is 5. The number of aryl methyl sites for hydroxylation is 3. The lowest BCUT2D eigenvalue weighted by Crippen LogP contribution is -1.93. The summed E-state index contributed by atoms with van der Waals surface area (Å²) in [4.78, 5) is 0. The second-order valence-corrected chi connectivity index (χ2v) is 8.60. The van der Waals surface area contributed by atoms with Gasteiger partial charge in [0.15, 0.2) is 0 Å². The van der Waals surface area contributed by atoms with Gasteiger partial charge in [-0.3, -0.25) is 0 Å². The van der Waals surface area contributed by atoms with Gasteiger partial charge in [-0.1, -0.05) is 107 Å². The molecule has 30 heavy (non-hydrogen) atoms. The Morgan fingerprint density at radius 3 is 1.70 bits per heavy atom. The van der Waals surface area contributed by atoms with E-state index in [4.69, 9.17) is 11.6 Å². The van der Waals surface area contributed by atoms with Gasteiger partial charge in [0.2, 0.25) is 0 Å². The molecule has 0 aliphatic carbocycles. The van der Waals surface area contributed by atoms with Gasteiger partial charge in [-0.05, 0) is 65.3 Å². The molecule has 0 atom stereocenters. The van der Waals surface area contributed by atoms with Crippen molar-refractivity contribution in [3.8, 4) is 22.3 Å². The number of hydrogen-bond donors (Lipinski definition) is 0. The van der Waals surface area contributed by atoms with E-state index in [-0.39, 0.29) is 0 Å². The SMILES string of the molecule is Cc1ccc(-c2c(-c3ccc(C)cc3)c3c(Cl)cccc3c3ccc(C)cc23)cc1. The second kappa shape index (κ2) is 7.31. The van der Waals surface area contributed by atoms with E-state index >= 15 is 0 Å². The zero-order valence-corrected chi connectivity index (χ0v) is 18.2. The first-order chi connectivity index (χ1) is 14.5. The highest BCUT2D eigenvalue weighted by molar-refractivity contribution is 6.39. The van der Waals surface area contributed by atoms with Crippen LogP contribution in [0.5, 0.6) is 0 Å². The lowest BCUT2D eigenvalue weighted by Gasteiger charge is -2.20. The summed E-state index contributed by atoms with van der Waals surface area (Å²) in [5, 5.41) is 5.62. The highest BCUT2D eigenvalue weighted by Gasteiger charge is 2.19. The lowest BCUT2D eigenvalue weighted by atomic mass is 9.84. The lowest BCUT2D eigenvalue weighted by molar-refractivity contribution is 1.46. The van der Waals surface area contributed by atoms with Gasteiger partial charge in [0.05, 0.1) is 0 Å². The van der Waals surface area contributed by atoms with E-state index in [9.17, 15) is 0 Å². The largest absolute Gasteiger partial charge is 0.0836 e. The monoisotopic (exact) mass is 406 g/mol. The van der Waals surface area contributed by atoms with Crippen LogP contribution < -0.4 is 0 Å². The number of fused-ring (bicyclic) bond motifs is 3. The molecule has 0 heterocycles. The third-order valence-electron chi connectivity index (χ3n) is 5.93. The summed E-state index contributed by atoms with van der Waals surface area (Å²) in [6.45, 7) is 6.41. The molecule has 0 nitrogen and oxygen atoms in total. The normalized spacial score (nSPS) is 11.3. The third-order valence-corrected chi connectivity index (χ3v) is 6.24. The van der Waals surface area contributed by atoms with Gasteiger partial charge >= 0.3 is 0 Å². The zero-order valence-electron chi connectivity index (χ0n) is 17.5. The molecule has 0 unspecified atom stereocenters. The maximum absolute atomic E-state index is 6.86. The number of rotatable bonds is 2. The van der Waals surface area contributed by atoms with Crippen LogP contribution in [0.4, 0.5) is 0 Å². The van der Waals surface area contributed by atoms with Crippen molar-refractivity contribution in [2.75, 3.05) is 0 Å². The third kappa shape index (κ3) is 3.09. The van der Waals surface area contributed by atoms with Gasteiger partial charge in [0.1, 0.15) is 0 Å². The second-order valence-electron chi connectivity index (χ2n) is 8.19. The van der Waals surface area contributed by atoms with Crippen LogP contribution in [-0.4, -0.2) is 0 Å². The summed E-state index contributed by atoms with van der Waals surface area (Å²) < 4.78 is 0. The molecule has 0 saturated carbocycles. The number of halogens is 1. The summed E-state index contributed by atoms with van der Waals surface area (Å²) in [7, 11) is 0. The molecule has 5 aromatic rings.